The van der Waals surface area contributed by atoms with Crippen LogP contribution < -0.4 is 0 Å². The van der Waals surface area contributed by atoms with Gasteiger partial charge in [-0.1, -0.05) is 224 Å². The summed E-state index contributed by atoms with van der Waals surface area (Å²) in [6.07, 6.45) is 70.7. The molecule has 0 aromatic carbocycles. The molecule has 3 N–H and O–H groups in total. The molecule has 0 aliphatic carbocycles. The van der Waals surface area contributed by atoms with Crippen molar-refractivity contribution in [2.24, 2.45) is 0 Å². The van der Waals surface area contributed by atoms with Gasteiger partial charge in [0.2, 0.25) is 0 Å². The molecule has 464 valence electrons. The molecule has 1 heterocycles. The third-order valence-electron chi connectivity index (χ3n) is 13.1. The standard InChI is InChI=1S/C71H108O12/c1-4-7-10-13-16-19-22-25-28-30-32-34-37-39-42-45-48-51-54-57-63(72)79-60-62(81-64(73)58-55-52-49-46-43-41-38-35-33-31-29-26-23-20-17-14-11-8-5-2)61-80-71-69(67(76)66(75)68(83-71)70(77)78)82-65(74)59-56-53-50-47-44-40-36-27-24-21-18-15-12-9-6-3/h7-12,16-21,25-29,32-36,39,42,48,51,62,66-69,71,75-76H,4-6,13-15,22-24,30-31,37-38,40-41,43-47,49-50,52-61H2,1-3H3,(H,77,78)/b10-7-,11-8-,12-9-,19-16-,20-17-,21-18-,28-25-,29-26-,34-32-,35-33-,36-27-,42-39-,51-48-. The lowest BCUT2D eigenvalue weighted by atomic mass is 9.98. The maximum atomic E-state index is 13.2. The Labute approximate surface area is 501 Å². The minimum Gasteiger partial charge on any atom is -0.479 e. The Balaban J connectivity index is 2.75. The van der Waals surface area contributed by atoms with Crippen molar-refractivity contribution in [2.75, 3.05) is 13.2 Å². The predicted molar refractivity (Wildman–Crippen MR) is 339 cm³/mol. The smallest absolute Gasteiger partial charge is 0.335 e. The summed E-state index contributed by atoms with van der Waals surface area (Å²) in [4.78, 5) is 51.3. The average molecular weight is 1150 g/mol. The average Bonchev–Trinajstić information content (AvgIpc) is 3.58. The lowest BCUT2D eigenvalue weighted by Crippen LogP contribution is -2.61. The number of carbonyl (C=O) groups is 4. The second-order valence-corrected chi connectivity index (χ2v) is 20.5. The van der Waals surface area contributed by atoms with Gasteiger partial charge < -0.3 is 39.0 Å². The number of carbonyl (C=O) groups excluding carboxylic acids is 3. The number of aliphatic hydroxyl groups is 2. The van der Waals surface area contributed by atoms with Crippen LogP contribution in [0.1, 0.15) is 213 Å². The first-order chi connectivity index (χ1) is 40.6. The molecule has 1 aliphatic rings. The zero-order valence-corrected chi connectivity index (χ0v) is 51.1. The van der Waals surface area contributed by atoms with E-state index in [2.05, 4.69) is 167 Å². The van der Waals surface area contributed by atoms with Gasteiger partial charge in [-0.25, -0.2) is 4.79 Å². The molecule has 12 heteroatoms. The van der Waals surface area contributed by atoms with E-state index >= 15 is 0 Å². The highest BCUT2D eigenvalue weighted by Gasteiger charge is 2.50. The summed E-state index contributed by atoms with van der Waals surface area (Å²) < 4.78 is 28.4. The summed E-state index contributed by atoms with van der Waals surface area (Å²) in [5, 5.41) is 31.6. The number of aliphatic hydroxyl groups excluding tert-OH is 2. The fourth-order valence-electron chi connectivity index (χ4n) is 8.40. The molecule has 1 saturated heterocycles. The third-order valence-corrected chi connectivity index (χ3v) is 13.1. The SMILES string of the molecule is CC/C=C\C/C=C\C/C=C\C/C=C\C/C=C\C/C=C\CCC(=O)OCC(COC1OC(C(=O)O)C(O)C(O)C1OC(=O)CCCCCCC/C=C\C/C=C\C/C=C\CC)OC(=O)CCCCCCCC/C=C\C/C=C\C/C=C\C/C=C\CC. The number of rotatable bonds is 51. The normalized spacial score (nSPS) is 18.7. The van der Waals surface area contributed by atoms with Gasteiger partial charge in [0.25, 0.3) is 0 Å². The van der Waals surface area contributed by atoms with Crippen LogP contribution in [0.2, 0.25) is 0 Å². The molecule has 83 heavy (non-hydrogen) atoms. The molecule has 0 aromatic rings. The number of ether oxygens (including phenoxy) is 5. The third kappa shape index (κ3) is 46.4. The van der Waals surface area contributed by atoms with Crippen LogP contribution in [0.3, 0.4) is 0 Å². The van der Waals surface area contributed by atoms with Crippen molar-refractivity contribution in [3.8, 4) is 0 Å². The summed E-state index contributed by atoms with van der Waals surface area (Å²) in [5.74, 6) is -3.30. The first kappa shape index (κ1) is 75.4. The van der Waals surface area contributed by atoms with Gasteiger partial charge in [-0.3, -0.25) is 14.4 Å². The van der Waals surface area contributed by atoms with Crippen molar-refractivity contribution >= 4 is 23.9 Å². The first-order valence-corrected chi connectivity index (χ1v) is 31.5. The molecule has 12 nitrogen and oxygen atoms in total. The van der Waals surface area contributed by atoms with Gasteiger partial charge in [0, 0.05) is 19.3 Å². The predicted octanol–water partition coefficient (Wildman–Crippen LogP) is 16.9. The van der Waals surface area contributed by atoms with Crippen molar-refractivity contribution in [2.45, 2.75) is 250 Å². The molecule has 0 aromatic heterocycles. The van der Waals surface area contributed by atoms with Gasteiger partial charge in [-0.05, 0) is 128 Å². The molecule has 1 rings (SSSR count). The highest BCUT2D eigenvalue weighted by molar-refractivity contribution is 5.74. The van der Waals surface area contributed by atoms with Crippen LogP contribution in [0, 0.1) is 0 Å². The van der Waals surface area contributed by atoms with E-state index in [0.29, 0.717) is 25.7 Å². The Kier molecular flexibility index (Phi) is 51.6. The van der Waals surface area contributed by atoms with Crippen molar-refractivity contribution in [1.82, 2.24) is 0 Å². The van der Waals surface area contributed by atoms with Crippen LogP contribution >= 0.6 is 0 Å². The van der Waals surface area contributed by atoms with Gasteiger partial charge >= 0.3 is 23.9 Å². The lowest BCUT2D eigenvalue weighted by molar-refractivity contribution is -0.301. The maximum Gasteiger partial charge on any atom is 0.335 e. The molecule has 1 aliphatic heterocycles. The number of hydrogen-bond donors (Lipinski definition) is 3. The Morgan fingerprint density at radius 2 is 0.747 bits per heavy atom. The molecule has 0 radical (unpaired) electrons. The summed E-state index contributed by atoms with van der Waals surface area (Å²) in [5.41, 5.74) is 0. The van der Waals surface area contributed by atoms with Crippen LogP contribution in [0.4, 0.5) is 0 Å². The zero-order chi connectivity index (χ0) is 60.3. The van der Waals surface area contributed by atoms with Gasteiger partial charge in [0.05, 0.1) is 6.61 Å². The van der Waals surface area contributed by atoms with E-state index in [1.54, 1.807) is 0 Å². The minimum atomic E-state index is -1.93. The fraction of sp³-hybridized carbons (Fsp3) is 0.577. The van der Waals surface area contributed by atoms with Gasteiger partial charge in [0.1, 0.15) is 18.8 Å². The maximum absolute atomic E-state index is 13.2. The van der Waals surface area contributed by atoms with Gasteiger partial charge in [-0.15, -0.1) is 0 Å². The lowest BCUT2D eigenvalue weighted by Gasteiger charge is -2.40. The quantitative estimate of drug-likeness (QED) is 0.0228. The largest absolute Gasteiger partial charge is 0.479 e. The van der Waals surface area contributed by atoms with Crippen LogP contribution in [-0.2, 0) is 42.9 Å². The highest BCUT2D eigenvalue weighted by Crippen LogP contribution is 2.26. The van der Waals surface area contributed by atoms with Crippen LogP contribution in [0.15, 0.2) is 158 Å². The molecule has 6 atom stereocenters. The number of esters is 3. The number of hydrogen-bond acceptors (Lipinski definition) is 11. The Morgan fingerprint density at radius 1 is 0.398 bits per heavy atom. The van der Waals surface area contributed by atoms with E-state index in [1.165, 1.54) is 0 Å². The van der Waals surface area contributed by atoms with E-state index in [0.717, 1.165) is 148 Å². The van der Waals surface area contributed by atoms with Gasteiger partial charge in [0.15, 0.2) is 24.6 Å². The minimum absolute atomic E-state index is 0.0227. The Bertz CT molecular complexity index is 2050. The van der Waals surface area contributed by atoms with Crippen molar-refractivity contribution in [3.05, 3.63) is 158 Å². The highest BCUT2D eigenvalue weighted by atomic mass is 16.7. The first-order valence-electron chi connectivity index (χ1n) is 31.5. The molecular formula is C71H108O12. The van der Waals surface area contributed by atoms with Crippen molar-refractivity contribution in [1.29, 1.82) is 0 Å². The second kappa shape index (κ2) is 56.8. The molecule has 0 saturated carbocycles. The van der Waals surface area contributed by atoms with Gasteiger partial charge in [-0.2, -0.15) is 0 Å². The summed E-state index contributed by atoms with van der Waals surface area (Å²) in [7, 11) is 0. The summed E-state index contributed by atoms with van der Waals surface area (Å²) in [6.45, 7) is 5.56. The molecular weight excluding hydrogens is 1040 g/mol. The number of carboxylic acid groups (broad SMARTS) is 1. The molecule has 6 unspecified atom stereocenters. The monoisotopic (exact) mass is 1150 g/mol. The topological polar surface area (TPSA) is 175 Å². The number of allylic oxidation sites excluding steroid dienone is 26. The molecule has 0 spiro atoms. The Hall–Kier alpha value is -5.66. The summed E-state index contributed by atoms with van der Waals surface area (Å²) in [6, 6.07) is 0. The number of carboxylic acids is 1. The summed E-state index contributed by atoms with van der Waals surface area (Å²) >= 11 is 0. The zero-order valence-electron chi connectivity index (χ0n) is 51.1. The molecule has 0 bridgehead atoms. The van der Waals surface area contributed by atoms with E-state index in [1.807, 2.05) is 12.2 Å². The van der Waals surface area contributed by atoms with Crippen LogP contribution in [0.25, 0.3) is 0 Å². The van der Waals surface area contributed by atoms with E-state index in [-0.39, 0.29) is 25.9 Å². The van der Waals surface area contributed by atoms with Crippen molar-refractivity contribution < 1.29 is 58.2 Å². The van der Waals surface area contributed by atoms with Crippen LogP contribution in [0.5, 0.6) is 0 Å². The van der Waals surface area contributed by atoms with Crippen LogP contribution in [-0.4, -0.2) is 89.2 Å². The van der Waals surface area contributed by atoms with Crippen molar-refractivity contribution in [3.63, 3.8) is 0 Å². The number of unbranched alkanes of at least 4 members (excludes halogenated alkanes) is 11. The number of aliphatic carboxylic acids is 1. The second-order valence-electron chi connectivity index (χ2n) is 20.5. The Morgan fingerprint density at radius 3 is 1.14 bits per heavy atom. The molecule has 0 amide bonds. The van der Waals surface area contributed by atoms with E-state index < -0.39 is 67.3 Å². The molecule has 1 fully saturated rings. The van der Waals surface area contributed by atoms with E-state index in [9.17, 15) is 34.5 Å². The van der Waals surface area contributed by atoms with E-state index in [4.69, 9.17) is 23.7 Å². The fourth-order valence-corrected chi connectivity index (χ4v) is 8.40.